The van der Waals surface area contributed by atoms with Crippen molar-refractivity contribution in [2.24, 2.45) is 4.99 Å². The van der Waals surface area contributed by atoms with Gasteiger partial charge in [0.15, 0.2) is 5.96 Å². The summed E-state index contributed by atoms with van der Waals surface area (Å²) < 4.78 is 5.09. The number of halogens is 1. The maximum atomic E-state index is 12.7. The van der Waals surface area contributed by atoms with Crippen molar-refractivity contribution in [2.45, 2.75) is 32.2 Å². The Morgan fingerprint density at radius 2 is 1.97 bits per heavy atom. The van der Waals surface area contributed by atoms with E-state index in [2.05, 4.69) is 27.6 Å². The highest BCUT2D eigenvalue weighted by atomic mass is 127. The van der Waals surface area contributed by atoms with Crippen molar-refractivity contribution < 1.29 is 9.53 Å². The van der Waals surface area contributed by atoms with E-state index < -0.39 is 0 Å². The fraction of sp³-hybridized carbons (Fsp3) is 0.636. The molecule has 1 aromatic rings. The van der Waals surface area contributed by atoms with Crippen LogP contribution in [0.3, 0.4) is 0 Å². The maximum Gasteiger partial charge on any atom is 0.253 e. The second-order valence-corrected chi connectivity index (χ2v) is 7.56. The van der Waals surface area contributed by atoms with Gasteiger partial charge in [0, 0.05) is 65.6 Å². The minimum atomic E-state index is 0. The van der Waals surface area contributed by atoms with Gasteiger partial charge in [-0.3, -0.25) is 9.79 Å². The van der Waals surface area contributed by atoms with Gasteiger partial charge in [-0.25, -0.2) is 0 Å². The molecular weight excluding hydrogens is 493 g/mol. The Kier molecular flexibility index (Phi) is 13.7. The topological polar surface area (TPSA) is 69.2 Å². The lowest BCUT2D eigenvalue weighted by atomic mass is 10.1. The van der Waals surface area contributed by atoms with Crippen LogP contribution in [-0.4, -0.2) is 82.2 Å². The van der Waals surface area contributed by atoms with E-state index in [1.54, 1.807) is 14.2 Å². The number of carbonyl (C=O) groups is 1. The van der Waals surface area contributed by atoms with Crippen LogP contribution >= 0.6 is 24.0 Å². The van der Waals surface area contributed by atoms with Crippen molar-refractivity contribution in [2.75, 3.05) is 60.5 Å². The zero-order chi connectivity index (χ0) is 20.9. The number of ether oxygens (including phenoxy) is 1. The Morgan fingerprint density at radius 3 is 2.67 bits per heavy atom. The Hall–Kier alpha value is -1.39. The number of hydrogen-bond acceptors (Lipinski definition) is 4. The lowest BCUT2D eigenvalue weighted by Crippen LogP contribution is -2.40. The summed E-state index contributed by atoms with van der Waals surface area (Å²) in [5.41, 5.74) is 1.85. The largest absolute Gasteiger partial charge is 0.385 e. The Balaban J connectivity index is 0.00000450. The van der Waals surface area contributed by atoms with Gasteiger partial charge in [-0.15, -0.1) is 24.0 Å². The third-order valence-electron chi connectivity index (χ3n) is 5.18. The molecule has 1 saturated heterocycles. The number of rotatable bonds is 10. The first-order valence-corrected chi connectivity index (χ1v) is 10.6. The van der Waals surface area contributed by atoms with E-state index in [0.717, 1.165) is 75.7 Å². The zero-order valence-electron chi connectivity index (χ0n) is 18.7. The SMILES string of the molecule is CN=C(NCCN(C)CCCOC)NCc1cccc(C(=O)N2CCCCC2)c1.I. The number of piperidine rings is 1. The fourth-order valence-electron chi connectivity index (χ4n) is 3.46. The van der Waals surface area contributed by atoms with E-state index in [1.807, 2.05) is 29.2 Å². The second kappa shape index (κ2) is 15.4. The number of benzene rings is 1. The highest BCUT2D eigenvalue weighted by Gasteiger charge is 2.18. The molecule has 1 aliphatic heterocycles. The predicted octanol–water partition coefficient (Wildman–Crippen LogP) is 2.56. The van der Waals surface area contributed by atoms with Gasteiger partial charge in [0.05, 0.1) is 0 Å². The molecule has 170 valence electrons. The summed E-state index contributed by atoms with van der Waals surface area (Å²) in [7, 11) is 5.61. The summed E-state index contributed by atoms with van der Waals surface area (Å²) in [4.78, 5) is 21.2. The van der Waals surface area contributed by atoms with Gasteiger partial charge in [-0.05, 0) is 50.4 Å². The van der Waals surface area contributed by atoms with Crippen LogP contribution in [-0.2, 0) is 11.3 Å². The molecule has 0 atom stereocenters. The number of guanidine groups is 1. The van der Waals surface area contributed by atoms with Gasteiger partial charge in [-0.2, -0.15) is 0 Å². The summed E-state index contributed by atoms with van der Waals surface area (Å²) in [5, 5.41) is 6.67. The van der Waals surface area contributed by atoms with Crippen LogP contribution in [0, 0.1) is 0 Å². The minimum Gasteiger partial charge on any atom is -0.385 e. The Bertz CT molecular complexity index is 650. The second-order valence-electron chi connectivity index (χ2n) is 7.56. The standard InChI is InChI=1S/C22H37N5O2.HI/c1-23-22(24-11-15-26(2)12-8-16-29-3)25-18-19-9-7-10-20(17-19)21(28)27-13-5-4-6-14-27;/h7,9-10,17H,4-6,8,11-16,18H2,1-3H3,(H2,23,24,25);1H. The number of likely N-dealkylation sites (N-methyl/N-ethyl adjacent to an activating group) is 1. The number of hydrogen-bond donors (Lipinski definition) is 2. The average Bonchev–Trinajstić information content (AvgIpc) is 2.76. The normalized spacial score (nSPS) is 14.4. The number of likely N-dealkylation sites (tertiary alicyclic amines) is 1. The van der Waals surface area contributed by atoms with Gasteiger partial charge >= 0.3 is 0 Å². The summed E-state index contributed by atoms with van der Waals surface area (Å²) in [5.74, 6) is 0.911. The molecule has 0 aromatic heterocycles. The molecule has 0 radical (unpaired) electrons. The molecule has 0 aliphatic carbocycles. The van der Waals surface area contributed by atoms with Crippen LogP contribution in [0.25, 0.3) is 0 Å². The molecule has 2 rings (SSSR count). The van der Waals surface area contributed by atoms with E-state index in [-0.39, 0.29) is 29.9 Å². The minimum absolute atomic E-state index is 0. The molecule has 0 bridgehead atoms. The average molecular weight is 531 g/mol. The first-order valence-electron chi connectivity index (χ1n) is 10.6. The zero-order valence-corrected chi connectivity index (χ0v) is 21.0. The van der Waals surface area contributed by atoms with E-state index in [1.165, 1.54) is 6.42 Å². The molecular formula is C22H38IN5O2. The van der Waals surface area contributed by atoms with Crippen molar-refractivity contribution in [1.82, 2.24) is 20.4 Å². The number of carbonyl (C=O) groups excluding carboxylic acids is 1. The summed E-state index contributed by atoms with van der Waals surface area (Å²) in [6, 6.07) is 7.89. The van der Waals surface area contributed by atoms with Gasteiger partial charge in [-0.1, -0.05) is 12.1 Å². The molecule has 1 amide bonds. The number of methoxy groups -OCH3 is 1. The van der Waals surface area contributed by atoms with Gasteiger partial charge in [0.1, 0.15) is 0 Å². The third kappa shape index (κ3) is 9.61. The van der Waals surface area contributed by atoms with E-state index in [0.29, 0.717) is 6.54 Å². The monoisotopic (exact) mass is 531 g/mol. The van der Waals surface area contributed by atoms with E-state index in [4.69, 9.17) is 4.74 Å². The lowest BCUT2D eigenvalue weighted by molar-refractivity contribution is 0.0724. The molecule has 1 heterocycles. The molecule has 30 heavy (non-hydrogen) atoms. The van der Waals surface area contributed by atoms with Crippen LogP contribution in [0.4, 0.5) is 0 Å². The summed E-state index contributed by atoms with van der Waals surface area (Å²) in [6.45, 7) is 5.93. The number of nitrogens with one attached hydrogen (secondary N) is 2. The number of aliphatic imine (C=N–C) groups is 1. The van der Waals surface area contributed by atoms with E-state index >= 15 is 0 Å². The first kappa shape index (κ1) is 26.6. The molecule has 0 spiro atoms. The van der Waals surface area contributed by atoms with Gasteiger partial charge in [0.25, 0.3) is 5.91 Å². The summed E-state index contributed by atoms with van der Waals surface area (Å²) >= 11 is 0. The van der Waals surface area contributed by atoms with Crippen molar-refractivity contribution in [1.29, 1.82) is 0 Å². The van der Waals surface area contributed by atoms with Crippen LogP contribution in [0.15, 0.2) is 29.3 Å². The van der Waals surface area contributed by atoms with Gasteiger partial charge < -0.3 is 25.2 Å². The molecule has 7 nitrogen and oxygen atoms in total. The molecule has 1 aliphatic rings. The highest BCUT2D eigenvalue weighted by molar-refractivity contribution is 14.0. The molecule has 0 unspecified atom stereocenters. The smallest absolute Gasteiger partial charge is 0.253 e. The van der Waals surface area contributed by atoms with Crippen LogP contribution in [0.1, 0.15) is 41.6 Å². The fourth-order valence-corrected chi connectivity index (χ4v) is 3.46. The maximum absolute atomic E-state index is 12.7. The molecule has 0 saturated carbocycles. The third-order valence-corrected chi connectivity index (χ3v) is 5.18. The lowest BCUT2D eigenvalue weighted by Gasteiger charge is -2.26. The van der Waals surface area contributed by atoms with E-state index in [9.17, 15) is 4.79 Å². The number of amides is 1. The molecule has 1 aromatic carbocycles. The van der Waals surface area contributed by atoms with Gasteiger partial charge in [0.2, 0.25) is 0 Å². The van der Waals surface area contributed by atoms with Crippen molar-refractivity contribution >= 4 is 35.8 Å². The van der Waals surface area contributed by atoms with Crippen LogP contribution in [0.2, 0.25) is 0 Å². The first-order chi connectivity index (χ1) is 14.1. The highest BCUT2D eigenvalue weighted by Crippen LogP contribution is 2.14. The molecule has 1 fully saturated rings. The quantitative estimate of drug-likeness (QED) is 0.210. The van der Waals surface area contributed by atoms with Crippen molar-refractivity contribution in [3.8, 4) is 0 Å². The molecule has 8 heteroatoms. The Morgan fingerprint density at radius 1 is 1.20 bits per heavy atom. The Labute approximate surface area is 198 Å². The van der Waals surface area contributed by atoms with Crippen molar-refractivity contribution in [3.05, 3.63) is 35.4 Å². The molecule has 2 N–H and O–H groups in total. The van der Waals surface area contributed by atoms with Crippen LogP contribution in [0.5, 0.6) is 0 Å². The van der Waals surface area contributed by atoms with Crippen molar-refractivity contribution in [3.63, 3.8) is 0 Å². The predicted molar refractivity (Wildman–Crippen MR) is 134 cm³/mol. The number of nitrogens with zero attached hydrogens (tertiary/aromatic N) is 3. The summed E-state index contributed by atoms with van der Waals surface area (Å²) in [6.07, 6.45) is 4.47. The van der Waals surface area contributed by atoms with Crippen LogP contribution < -0.4 is 10.6 Å².